The van der Waals surface area contributed by atoms with Gasteiger partial charge in [-0.2, -0.15) is 0 Å². The zero-order valence-corrected chi connectivity index (χ0v) is 23.6. The van der Waals surface area contributed by atoms with Crippen LogP contribution in [0.4, 0.5) is 0 Å². The number of fused-ring (bicyclic) bond motifs is 1. The fraction of sp³-hybridized carbons (Fsp3) is 0.375. The lowest BCUT2D eigenvalue weighted by molar-refractivity contribution is -0.139. The average Bonchev–Trinajstić information content (AvgIpc) is 3.61. The van der Waals surface area contributed by atoms with Gasteiger partial charge in [0.05, 0.1) is 11.6 Å². The topological polar surface area (TPSA) is 118 Å². The lowest BCUT2D eigenvalue weighted by Crippen LogP contribution is -2.51. The summed E-state index contributed by atoms with van der Waals surface area (Å²) in [7, 11) is 1.85. The molecule has 0 bridgehead atoms. The first-order chi connectivity index (χ1) is 20.0. The van der Waals surface area contributed by atoms with Crippen molar-refractivity contribution in [3.63, 3.8) is 0 Å². The van der Waals surface area contributed by atoms with Crippen molar-refractivity contribution in [2.45, 2.75) is 56.8 Å². The van der Waals surface area contributed by atoms with Gasteiger partial charge >= 0.3 is 0 Å². The maximum Gasteiger partial charge on any atom is 0.243 e. The van der Waals surface area contributed by atoms with Crippen LogP contribution in [0.5, 0.6) is 0 Å². The molecule has 2 amide bonds. The maximum absolute atomic E-state index is 13.5. The quantitative estimate of drug-likeness (QED) is 0.232. The third-order valence-electron chi connectivity index (χ3n) is 7.85. The smallest absolute Gasteiger partial charge is 0.243 e. The van der Waals surface area contributed by atoms with E-state index >= 15 is 0 Å². The first-order valence-electron chi connectivity index (χ1n) is 14.4. The van der Waals surface area contributed by atoms with Crippen molar-refractivity contribution < 1.29 is 9.59 Å². The average molecular weight is 554 g/mol. The van der Waals surface area contributed by atoms with Gasteiger partial charge < -0.3 is 21.3 Å². The molecule has 9 heteroatoms. The number of aryl methyl sites for hydroxylation is 3. The van der Waals surface area contributed by atoms with Gasteiger partial charge in [-0.3, -0.25) is 9.59 Å². The van der Waals surface area contributed by atoms with Crippen molar-refractivity contribution >= 4 is 22.8 Å². The van der Waals surface area contributed by atoms with Crippen molar-refractivity contribution in [2.24, 2.45) is 12.8 Å². The summed E-state index contributed by atoms with van der Waals surface area (Å²) < 4.78 is 1.72. The number of nitrogens with zero attached hydrogens (tertiary/aromatic N) is 4. The number of carbonyl (C=O) groups excluding carboxylic acids is 2. The second-order valence-corrected chi connectivity index (χ2v) is 10.9. The number of nitrogens with one attached hydrogen (secondary N) is 2. The van der Waals surface area contributed by atoms with E-state index in [9.17, 15) is 9.59 Å². The molecular weight excluding hydrogens is 514 g/mol. The third-order valence-corrected chi connectivity index (χ3v) is 7.85. The van der Waals surface area contributed by atoms with Crippen LogP contribution in [0.25, 0.3) is 11.0 Å². The Kier molecular flexibility index (Phi) is 9.38. The van der Waals surface area contributed by atoms with Crippen molar-refractivity contribution in [3.8, 4) is 0 Å². The Hall–Kier alpha value is -4.08. The van der Waals surface area contributed by atoms with Gasteiger partial charge in [0.25, 0.3) is 0 Å². The van der Waals surface area contributed by atoms with E-state index in [0.717, 1.165) is 41.5 Å². The van der Waals surface area contributed by atoms with Gasteiger partial charge in [0.1, 0.15) is 11.6 Å². The van der Waals surface area contributed by atoms with Gasteiger partial charge in [0.2, 0.25) is 11.8 Å². The molecule has 1 aromatic heterocycles. The number of hydrogen-bond donors (Lipinski definition) is 3. The molecule has 0 spiro atoms. The van der Waals surface area contributed by atoms with E-state index in [4.69, 9.17) is 5.73 Å². The molecule has 4 N–H and O–H groups in total. The first-order valence-corrected chi connectivity index (χ1v) is 14.4. The Morgan fingerprint density at radius 2 is 1.68 bits per heavy atom. The summed E-state index contributed by atoms with van der Waals surface area (Å²) in [5, 5.41) is 14.8. The van der Waals surface area contributed by atoms with Crippen molar-refractivity contribution in [1.29, 1.82) is 0 Å². The van der Waals surface area contributed by atoms with Gasteiger partial charge in [0.15, 0.2) is 0 Å². The molecule has 0 unspecified atom stereocenters. The van der Waals surface area contributed by atoms with Crippen molar-refractivity contribution in [2.75, 3.05) is 13.1 Å². The van der Waals surface area contributed by atoms with Crippen LogP contribution in [0.2, 0.25) is 0 Å². The molecule has 0 saturated carbocycles. The molecule has 1 aliphatic rings. The van der Waals surface area contributed by atoms with Gasteiger partial charge in [-0.1, -0.05) is 71.9 Å². The number of nitrogens with two attached hydrogens (primary N) is 1. The summed E-state index contributed by atoms with van der Waals surface area (Å²) in [6.07, 6.45) is 3.75. The monoisotopic (exact) mass is 553 g/mol. The van der Waals surface area contributed by atoms with E-state index in [-0.39, 0.29) is 17.9 Å². The molecule has 3 aromatic carbocycles. The number of amides is 2. The molecule has 0 aliphatic carbocycles. The number of aromatic nitrogens is 3. The van der Waals surface area contributed by atoms with Crippen LogP contribution in [0, 0.1) is 0 Å². The zero-order chi connectivity index (χ0) is 28.6. The number of rotatable bonds is 12. The van der Waals surface area contributed by atoms with Crippen LogP contribution in [0.1, 0.15) is 36.0 Å². The van der Waals surface area contributed by atoms with E-state index in [0.29, 0.717) is 32.4 Å². The molecule has 4 aromatic rings. The number of hydrogen-bond acceptors (Lipinski definition) is 6. The highest BCUT2D eigenvalue weighted by Crippen LogP contribution is 2.21. The highest BCUT2D eigenvalue weighted by Gasteiger charge is 2.40. The van der Waals surface area contributed by atoms with Crippen LogP contribution in [-0.2, 0) is 36.0 Å². The molecule has 1 fully saturated rings. The molecule has 41 heavy (non-hydrogen) atoms. The summed E-state index contributed by atoms with van der Waals surface area (Å²) in [4.78, 5) is 28.7. The third kappa shape index (κ3) is 7.36. The fourth-order valence-electron chi connectivity index (χ4n) is 5.53. The number of benzene rings is 3. The molecule has 5 rings (SSSR count). The second kappa shape index (κ2) is 13.5. The van der Waals surface area contributed by atoms with E-state index < -0.39 is 12.1 Å². The lowest BCUT2D eigenvalue weighted by Gasteiger charge is -2.26. The van der Waals surface area contributed by atoms with Crippen molar-refractivity contribution in [1.82, 2.24) is 30.5 Å². The SMILES string of the molecule is Cn1nnc2cc(CNC(=O)[C@@H]3C[C@H](NCCCc4ccccc4)CN3C(=O)[C@H](N)CCc3ccccc3)ccc21. The van der Waals surface area contributed by atoms with E-state index in [1.54, 1.807) is 9.58 Å². The van der Waals surface area contributed by atoms with Crippen LogP contribution in [-0.4, -0.2) is 62.9 Å². The lowest BCUT2D eigenvalue weighted by atomic mass is 10.0. The van der Waals surface area contributed by atoms with E-state index in [1.807, 2.05) is 61.6 Å². The molecular formula is C32H39N7O2. The molecule has 2 heterocycles. The minimum absolute atomic E-state index is 0.0303. The van der Waals surface area contributed by atoms with Crippen LogP contribution in [0.3, 0.4) is 0 Å². The van der Waals surface area contributed by atoms with Crippen molar-refractivity contribution in [3.05, 3.63) is 95.6 Å². The van der Waals surface area contributed by atoms with E-state index in [2.05, 4.69) is 45.2 Å². The van der Waals surface area contributed by atoms with Gasteiger partial charge in [-0.25, -0.2) is 4.68 Å². The summed E-state index contributed by atoms with van der Waals surface area (Å²) in [6, 6.07) is 25.0. The predicted octanol–water partition coefficient (Wildman–Crippen LogP) is 2.74. The molecule has 214 valence electrons. The first kappa shape index (κ1) is 28.4. The standard InChI is InChI=1S/C32H39N7O2/c1-38-29-17-15-25(19-28(29)36-37-38)21-35-31(40)30-20-26(34-18-8-13-23-9-4-2-5-10-23)22-39(30)32(41)27(33)16-14-24-11-6-3-7-12-24/h2-7,9-12,15,17,19,26-27,30,34H,8,13-14,16,18,20-22,33H2,1H3,(H,35,40)/t26-,27+,30-/m0/s1. The Labute approximate surface area is 241 Å². The van der Waals surface area contributed by atoms with Crippen LogP contribution in [0.15, 0.2) is 78.9 Å². The minimum atomic E-state index is -0.665. The molecule has 3 atom stereocenters. The predicted molar refractivity (Wildman–Crippen MR) is 160 cm³/mol. The summed E-state index contributed by atoms with van der Waals surface area (Å²) in [5.41, 5.74) is 11.5. The fourth-order valence-corrected chi connectivity index (χ4v) is 5.53. The molecule has 1 aliphatic heterocycles. The Balaban J connectivity index is 1.20. The Morgan fingerprint density at radius 1 is 0.976 bits per heavy atom. The summed E-state index contributed by atoms with van der Waals surface area (Å²) in [5.74, 6) is -0.336. The normalized spacial score (nSPS) is 17.6. The zero-order valence-electron chi connectivity index (χ0n) is 23.6. The second-order valence-electron chi connectivity index (χ2n) is 10.9. The minimum Gasteiger partial charge on any atom is -0.350 e. The number of carbonyl (C=O) groups is 2. The summed E-state index contributed by atoms with van der Waals surface area (Å²) in [6.45, 7) is 1.63. The van der Waals surface area contributed by atoms with Gasteiger partial charge in [-0.15, -0.1) is 5.10 Å². The molecule has 1 saturated heterocycles. The molecule has 9 nitrogen and oxygen atoms in total. The Morgan fingerprint density at radius 3 is 2.41 bits per heavy atom. The maximum atomic E-state index is 13.5. The summed E-state index contributed by atoms with van der Waals surface area (Å²) >= 11 is 0. The van der Waals surface area contributed by atoms with E-state index in [1.165, 1.54) is 5.56 Å². The van der Waals surface area contributed by atoms with Gasteiger partial charge in [-0.05, 0) is 67.5 Å². The van der Waals surface area contributed by atoms with Crippen LogP contribution >= 0.6 is 0 Å². The molecule has 0 radical (unpaired) electrons. The number of likely N-dealkylation sites (tertiary alicyclic amines) is 1. The largest absolute Gasteiger partial charge is 0.350 e. The van der Waals surface area contributed by atoms with Crippen LogP contribution < -0.4 is 16.4 Å². The van der Waals surface area contributed by atoms with Gasteiger partial charge in [0, 0.05) is 26.2 Å². The Bertz CT molecular complexity index is 1440. The highest BCUT2D eigenvalue weighted by atomic mass is 16.2. The highest BCUT2D eigenvalue weighted by molar-refractivity contribution is 5.90.